The molecular formula is C13H20BrNO2. The van der Waals surface area contributed by atoms with E-state index in [4.69, 9.17) is 9.47 Å². The van der Waals surface area contributed by atoms with Gasteiger partial charge >= 0.3 is 0 Å². The second-order valence-corrected chi connectivity index (χ2v) is 4.91. The molecule has 0 bridgehead atoms. The summed E-state index contributed by atoms with van der Waals surface area (Å²) in [6.07, 6.45) is 1.10. The number of methoxy groups -OCH3 is 2. The Morgan fingerprint density at radius 1 is 1.29 bits per heavy atom. The lowest BCUT2D eigenvalue weighted by Gasteiger charge is -2.16. The van der Waals surface area contributed by atoms with E-state index < -0.39 is 0 Å². The molecule has 0 amide bonds. The van der Waals surface area contributed by atoms with Crippen molar-refractivity contribution in [2.75, 3.05) is 14.2 Å². The highest BCUT2D eigenvalue weighted by Crippen LogP contribution is 2.34. The van der Waals surface area contributed by atoms with Crippen LogP contribution in [-0.2, 0) is 6.54 Å². The van der Waals surface area contributed by atoms with E-state index in [-0.39, 0.29) is 0 Å². The molecular weight excluding hydrogens is 282 g/mol. The molecule has 1 aromatic rings. The van der Waals surface area contributed by atoms with Crippen molar-refractivity contribution in [2.24, 2.45) is 0 Å². The molecule has 0 fully saturated rings. The molecule has 4 heteroatoms. The van der Waals surface area contributed by atoms with Crippen LogP contribution >= 0.6 is 15.9 Å². The maximum absolute atomic E-state index is 5.40. The van der Waals surface area contributed by atoms with Crippen molar-refractivity contribution in [1.82, 2.24) is 5.32 Å². The highest BCUT2D eigenvalue weighted by molar-refractivity contribution is 9.10. The van der Waals surface area contributed by atoms with E-state index in [0.29, 0.717) is 6.04 Å². The van der Waals surface area contributed by atoms with Crippen LogP contribution in [0.3, 0.4) is 0 Å². The number of rotatable bonds is 6. The van der Waals surface area contributed by atoms with Gasteiger partial charge in [-0.1, -0.05) is 22.9 Å². The summed E-state index contributed by atoms with van der Waals surface area (Å²) in [6.45, 7) is 5.10. The Balaban J connectivity index is 2.92. The lowest BCUT2D eigenvalue weighted by molar-refractivity contribution is 0.349. The van der Waals surface area contributed by atoms with E-state index in [2.05, 4.69) is 41.2 Å². The molecule has 96 valence electrons. The number of hydrogen-bond donors (Lipinski definition) is 1. The zero-order chi connectivity index (χ0) is 12.8. The topological polar surface area (TPSA) is 30.5 Å². The van der Waals surface area contributed by atoms with Crippen molar-refractivity contribution in [3.63, 3.8) is 0 Å². The second-order valence-electron chi connectivity index (χ2n) is 3.99. The standard InChI is InChI=1S/C13H20BrNO2/c1-5-9(2)15-8-10-6-11(14)7-12(16-3)13(10)17-4/h6-7,9,15H,5,8H2,1-4H3/t9-/m1/s1. The molecule has 17 heavy (non-hydrogen) atoms. The van der Waals surface area contributed by atoms with E-state index in [1.165, 1.54) is 0 Å². The van der Waals surface area contributed by atoms with E-state index in [0.717, 1.165) is 34.5 Å². The van der Waals surface area contributed by atoms with Gasteiger partial charge in [0.05, 0.1) is 14.2 Å². The molecule has 0 aliphatic heterocycles. The molecule has 0 aliphatic rings. The first-order valence-corrected chi connectivity index (χ1v) is 6.55. The molecule has 0 saturated carbocycles. The predicted octanol–water partition coefficient (Wildman–Crippen LogP) is 3.35. The lowest BCUT2D eigenvalue weighted by atomic mass is 10.1. The fourth-order valence-electron chi connectivity index (χ4n) is 1.57. The first-order valence-electron chi connectivity index (χ1n) is 5.76. The SMILES string of the molecule is CC[C@@H](C)NCc1cc(Br)cc(OC)c1OC. The Morgan fingerprint density at radius 3 is 2.53 bits per heavy atom. The minimum atomic E-state index is 0.490. The summed E-state index contributed by atoms with van der Waals surface area (Å²) in [7, 11) is 3.31. The Bertz CT molecular complexity index is 369. The Hall–Kier alpha value is -0.740. The molecule has 3 nitrogen and oxygen atoms in total. The number of ether oxygens (including phenoxy) is 2. The maximum atomic E-state index is 5.40. The van der Waals surface area contributed by atoms with Crippen molar-refractivity contribution in [2.45, 2.75) is 32.9 Å². The molecule has 0 aromatic heterocycles. The fourth-order valence-corrected chi connectivity index (χ4v) is 2.05. The monoisotopic (exact) mass is 301 g/mol. The summed E-state index contributed by atoms with van der Waals surface area (Å²) < 4.78 is 11.7. The van der Waals surface area contributed by atoms with Crippen LogP contribution in [0.2, 0.25) is 0 Å². The van der Waals surface area contributed by atoms with E-state index in [1.54, 1.807) is 14.2 Å². The van der Waals surface area contributed by atoms with Crippen molar-refractivity contribution < 1.29 is 9.47 Å². The molecule has 1 atom stereocenters. The molecule has 0 saturated heterocycles. The first kappa shape index (κ1) is 14.3. The number of hydrogen-bond acceptors (Lipinski definition) is 3. The summed E-state index contributed by atoms with van der Waals surface area (Å²) in [5, 5.41) is 3.45. The van der Waals surface area contributed by atoms with Crippen LogP contribution < -0.4 is 14.8 Å². The zero-order valence-electron chi connectivity index (χ0n) is 10.8. The van der Waals surface area contributed by atoms with Gasteiger partial charge in [-0.2, -0.15) is 0 Å². The average Bonchev–Trinajstić information content (AvgIpc) is 2.34. The largest absolute Gasteiger partial charge is 0.493 e. The molecule has 0 heterocycles. The van der Waals surface area contributed by atoms with Crippen LogP contribution in [0.25, 0.3) is 0 Å². The fraction of sp³-hybridized carbons (Fsp3) is 0.538. The van der Waals surface area contributed by atoms with Crippen LogP contribution in [0, 0.1) is 0 Å². The highest BCUT2D eigenvalue weighted by Gasteiger charge is 2.12. The van der Waals surface area contributed by atoms with Gasteiger partial charge in [-0.15, -0.1) is 0 Å². The average molecular weight is 302 g/mol. The van der Waals surface area contributed by atoms with Gasteiger partial charge in [0, 0.05) is 22.6 Å². The van der Waals surface area contributed by atoms with Gasteiger partial charge in [0.1, 0.15) is 0 Å². The molecule has 0 aliphatic carbocycles. The van der Waals surface area contributed by atoms with Gasteiger partial charge < -0.3 is 14.8 Å². The van der Waals surface area contributed by atoms with Gasteiger partial charge in [0.15, 0.2) is 11.5 Å². The van der Waals surface area contributed by atoms with Gasteiger partial charge in [0.2, 0.25) is 0 Å². The highest BCUT2D eigenvalue weighted by atomic mass is 79.9. The smallest absolute Gasteiger partial charge is 0.165 e. The van der Waals surface area contributed by atoms with Crippen LogP contribution in [0.5, 0.6) is 11.5 Å². The first-order chi connectivity index (χ1) is 8.12. The summed E-state index contributed by atoms with van der Waals surface area (Å²) >= 11 is 3.48. The van der Waals surface area contributed by atoms with Crippen molar-refractivity contribution in [1.29, 1.82) is 0 Å². The van der Waals surface area contributed by atoms with E-state index in [1.807, 2.05) is 6.07 Å². The van der Waals surface area contributed by atoms with E-state index >= 15 is 0 Å². The van der Waals surface area contributed by atoms with Crippen molar-refractivity contribution in [3.05, 3.63) is 22.2 Å². The Labute approximate surface area is 112 Å². The maximum Gasteiger partial charge on any atom is 0.165 e. The van der Waals surface area contributed by atoms with Crippen LogP contribution in [0.1, 0.15) is 25.8 Å². The van der Waals surface area contributed by atoms with Gasteiger partial charge in [-0.05, 0) is 25.5 Å². The van der Waals surface area contributed by atoms with Crippen LogP contribution in [0.15, 0.2) is 16.6 Å². The molecule has 0 unspecified atom stereocenters. The molecule has 1 rings (SSSR count). The summed E-state index contributed by atoms with van der Waals surface area (Å²) in [4.78, 5) is 0. The zero-order valence-corrected chi connectivity index (χ0v) is 12.4. The van der Waals surface area contributed by atoms with Gasteiger partial charge in [-0.25, -0.2) is 0 Å². The predicted molar refractivity (Wildman–Crippen MR) is 73.8 cm³/mol. The van der Waals surface area contributed by atoms with Crippen LogP contribution in [-0.4, -0.2) is 20.3 Å². The summed E-state index contributed by atoms with van der Waals surface area (Å²) in [5.41, 5.74) is 1.10. The van der Waals surface area contributed by atoms with Gasteiger partial charge in [-0.3, -0.25) is 0 Å². The molecule has 0 spiro atoms. The van der Waals surface area contributed by atoms with E-state index in [9.17, 15) is 0 Å². The van der Waals surface area contributed by atoms with Gasteiger partial charge in [0.25, 0.3) is 0 Å². The summed E-state index contributed by atoms with van der Waals surface area (Å²) in [6, 6.07) is 4.45. The third-order valence-electron chi connectivity index (χ3n) is 2.77. The number of benzene rings is 1. The minimum Gasteiger partial charge on any atom is -0.493 e. The third kappa shape index (κ3) is 3.89. The third-order valence-corrected chi connectivity index (χ3v) is 3.23. The minimum absolute atomic E-state index is 0.490. The molecule has 0 radical (unpaired) electrons. The summed E-state index contributed by atoms with van der Waals surface area (Å²) in [5.74, 6) is 1.55. The second kappa shape index (κ2) is 6.87. The quantitative estimate of drug-likeness (QED) is 0.874. The Morgan fingerprint density at radius 2 is 2.00 bits per heavy atom. The number of nitrogens with one attached hydrogen (secondary N) is 1. The number of halogens is 1. The Kier molecular flexibility index (Phi) is 5.78. The molecule has 1 aromatic carbocycles. The van der Waals surface area contributed by atoms with Crippen molar-refractivity contribution >= 4 is 15.9 Å². The normalized spacial score (nSPS) is 12.3. The lowest BCUT2D eigenvalue weighted by Crippen LogP contribution is -2.24. The van der Waals surface area contributed by atoms with Crippen molar-refractivity contribution in [3.8, 4) is 11.5 Å². The van der Waals surface area contributed by atoms with Crippen LogP contribution in [0.4, 0.5) is 0 Å². The molecule has 1 N–H and O–H groups in total.